The largest absolute Gasteiger partial charge is 0.338 e. The summed E-state index contributed by atoms with van der Waals surface area (Å²) in [6.07, 6.45) is 0. The van der Waals surface area contributed by atoms with Crippen LogP contribution >= 0.6 is 11.6 Å². The van der Waals surface area contributed by atoms with Crippen LogP contribution in [0.15, 0.2) is 4.52 Å². The number of nitrogens with one attached hydrogen (secondary N) is 1. The van der Waals surface area contributed by atoms with E-state index in [9.17, 15) is 0 Å². The van der Waals surface area contributed by atoms with Gasteiger partial charge in [0.2, 0.25) is 0 Å². The average molecular weight is 162 g/mol. The lowest BCUT2D eigenvalue weighted by atomic mass is 10.7. The fourth-order valence-corrected chi connectivity index (χ4v) is 0.640. The molecule has 0 radical (unpaired) electrons. The molecule has 1 heterocycles. The first kappa shape index (κ1) is 7.34. The normalized spacial score (nSPS) is 9.80. The number of nitrogens with zero attached hydrogens (tertiary/aromatic N) is 2. The van der Waals surface area contributed by atoms with Crippen LogP contribution in [0.2, 0.25) is 0 Å². The molecule has 0 atom stereocenters. The second kappa shape index (κ2) is 3.41. The number of hydrogen-bond donors (Lipinski definition) is 1. The summed E-state index contributed by atoms with van der Waals surface area (Å²) < 4.78 is 4.74. The first-order valence-electron chi connectivity index (χ1n) is 2.99. The van der Waals surface area contributed by atoms with Gasteiger partial charge in [-0.25, -0.2) is 0 Å². The molecule has 56 valence electrons. The minimum absolute atomic E-state index is 0.287. The smallest absolute Gasteiger partial charge is 0.321 e. The highest BCUT2D eigenvalue weighted by atomic mass is 35.5. The van der Waals surface area contributed by atoms with Gasteiger partial charge in [0.15, 0.2) is 5.82 Å². The summed E-state index contributed by atoms with van der Waals surface area (Å²) in [6.45, 7) is 2.72. The van der Waals surface area contributed by atoms with Gasteiger partial charge in [-0.3, -0.25) is 0 Å². The summed E-state index contributed by atoms with van der Waals surface area (Å²) in [6, 6.07) is 0.429. The molecule has 4 nitrogen and oxygen atoms in total. The summed E-state index contributed by atoms with van der Waals surface area (Å²) in [5.74, 6) is 0.798. The number of aromatic nitrogens is 2. The van der Waals surface area contributed by atoms with Crippen LogP contribution in [-0.4, -0.2) is 16.7 Å². The Kier molecular flexibility index (Phi) is 2.50. The SMILES string of the molecule is CCNc1nc(CCl)no1. The molecule has 0 fully saturated rings. The quantitative estimate of drug-likeness (QED) is 0.678. The summed E-state index contributed by atoms with van der Waals surface area (Å²) in [5, 5.41) is 6.44. The van der Waals surface area contributed by atoms with Crippen LogP contribution < -0.4 is 5.32 Å². The predicted molar refractivity (Wildman–Crippen MR) is 38.0 cm³/mol. The lowest BCUT2D eigenvalue weighted by Gasteiger charge is -1.89. The van der Waals surface area contributed by atoms with E-state index in [4.69, 9.17) is 16.1 Å². The van der Waals surface area contributed by atoms with Crippen molar-refractivity contribution in [2.75, 3.05) is 11.9 Å². The second-order valence-electron chi connectivity index (χ2n) is 1.68. The van der Waals surface area contributed by atoms with Crippen LogP contribution in [0.5, 0.6) is 0 Å². The zero-order valence-corrected chi connectivity index (χ0v) is 6.35. The van der Waals surface area contributed by atoms with Crippen LogP contribution in [0.4, 0.5) is 6.01 Å². The lowest BCUT2D eigenvalue weighted by Crippen LogP contribution is -1.95. The highest BCUT2D eigenvalue weighted by molar-refractivity contribution is 6.16. The van der Waals surface area contributed by atoms with E-state index < -0.39 is 0 Å². The molecule has 1 aromatic heterocycles. The van der Waals surface area contributed by atoms with Gasteiger partial charge in [0, 0.05) is 6.54 Å². The standard InChI is InChI=1S/C5H8ClN3O/c1-2-7-5-8-4(3-6)9-10-5/h2-3H2,1H3,(H,7,8,9). The van der Waals surface area contributed by atoms with E-state index >= 15 is 0 Å². The van der Waals surface area contributed by atoms with Crippen molar-refractivity contribution in [1.82, 2.24) is 10.1 Å². The Morgan fingerprint density at radius 3 is 3.00 bits per heavy atom. The van der Waals surface area contributed by atoms with Gasteiger partial charge in [-0.05, 0) is 6.92 Å². The minimum Gasteiger partial charge on any atom is -0.338 e. The Bertz CT molecular complexity index is 201. The van der Waals surface area contributed by atoms with E-state index in [0.29, 0.717) is 11.8 Å². The Morgan fingerprint density at radius 1 is 1.70 bits per heavy atom. The first-order chi connectivity index (χ1) is 4.86. The molecule has 5 heteroatoms. The van der Waals surface area contributed by atoms with Crippen molar-refractivity contribution in [1.29, 1.82) is 0 Å². The van der Waals surface area contributed by atoms with Gasteiger partial charge in [0.25, 0.3) is 0 Å². The average Bonchev–Trinajstić information content (AvgIpc) is 2.37. The van der Waals surface area contributed by atoms with Crippen molar-refractivity contribution in [3.8, 4) is 0 Å². The fraction of sp³-hybridized carbons (Fsp3) is 0.600. The highest BCUT2D eigenvalue weighted by Gasteiger charge is 2.01. The third kappa shape index (κ3) is 1.60. The summed E-state index contributed by atoms with van der Waals surface area (Å²) in [4.78, 5) is 3.90. The van der Waals surface area contributed by atoms with Crippen molar-refractivity contribution in [3.05, 3.63) is 5.82 Å². The van der Waals surface area contributed by atoms with Gasteiger partial charge in [-0.1, -0.05) is 5.16 Å². The van der Waals surface area contributed by atoms with Crippen molar-refractivity contribution in [2.24, 2.45) is 0 Å². The summed E-state index contributed by atoms with van der Waals surface area (Å²) >= 11 is 5.43. The second-order valence-corrected chi connectivity index (χ2v) is 1.95. The molecule has 0 aliphatic rings. The molecule has 0 saturated carbocycles. The maximum absolute atomic E-state index is 5.43. The van der Waals surface area contributed by atoms with Crippen molar-refractivity contribution in [2.45, 2.75) is 12.8 Å². The van der Waals surface area contributed by atoms with Gasteiger partial charge < -0.3 is 9.84 Å². The predicted octanol–water partition coefficient (Wildman–Crippen LogP) is 1.24. The van der Waals surface area contributed by atoms with Gasteiger partial charge in [0.05, 0.1) is 5.88 Å². The molecule has 1 rings (SSSR count). The van der Waals surface area contributed by atoms with E-state index in [-0.39, 0.29) is 5.88 Å². The van der Waals surface area contributed by atoms with Crippen LogP contribution in [-0.2, 0) is 5.88 Å². The number of hydrogen-bond acceptors (Lipinski definition) is 4. The number of halogens is 1. The molecule has 0 aliphatic carbocycles. The van der Waals surface area contributed by atoms with E-state index in [1.165, 1.54) is 0 Å². The maximum atomic E-state index is 5.43. The Hall–Kier alpha value is -0.770. The molecule has 10 heavy (non-hydrogen) atoms. The fourth-order valence-electron chi connectivity index (χ4n) is 0.531. The monoisotopic (exact) mass is 161 g/mol. The van der Waals surface area contributed by atoms with Crippen LogP contribution in [0.1, 0.15) is 12.7 Å². The van der Waals surface area contributed by atoms with Crippen LogP contribution in [0, 0.1) is 0 Å². The maximum Gasteiger partial charge on any atom is 0.321 e. The van der Waals surface area contributed by atoms with Gasteiger partial charge in [-0.2, -0.15) is 4.98 Å². The van der Waals surface area contributed by atoms with Crippen LogP contribution in [0.3, 0.4) is 0 Å². The summed E-state index contributed by atoms with van der Waals surface area (Å²) in [7, 11) is 0. The van der Waals surface area contributed by atoms with Crippen molar-refractivity contribution < 1.29 is 4.52 Å². The number of alkyl halides is 1. The zero-order chi connectivity index (χ0) is 7.40. The zero-order valence-electron chi connectivity index (χ0n) is 5.59. The van der Waals surface area contributed by atoms with Crippen molar-refractivity contribution >= 4 is 17.6 Å². The van der Waals surface area contributed by atoms with Gasteiger partial charge >= 0.3 is 6.01 Å². The van der Waals surface area contributed by atoms with E-state index in [0.717, 1.165) is 6.54 Å². The molecule has 0 bridgehead atoms. The molecule has 0 spiro atoms. The lowest BCUT2D eigenvalue weighted by molar-refractivity contribution is 0.425. The molecule has 1 aromatic rings. The minimum atomic E-state index is 0.287. The topological polar surface area (TPSA) is 51.0 Å². The molecular weight excluding hydrogens is 154 g/mol. The Balaban J connectivity index is 2.59. The van der Waals surface area contributed by atoms with Crippen molar-refractivity contribution in [3.63, 3.8) is 0 Å². The third-order valence-electron chi connectivity index (χ3n) is 0.916. The highest BCUT2D eigenvalue weighted by Crippen LogP contribution is 2.03. The molecule has 0 amide bonds. The summed E-state index contributed by atoms with van der Waals surface area (Å²) in [5.41, 5.74) is 0. The Morgan fingerprint density at radius 2 is 2.50 bits per heavy atom. The molecule has 0 saturated heterocycles. The van der Waals surface area contributed by atoms with Gasteiger partial charge in [-0.15, -0.1) is 11.6 Å². The molecule has 0 aromatic carbocycles. The Labute approximate surface area is 63.6 Å². The van der Waals surface area contributed by atoms with E-state index in [1.807, 2.05) is 6.92 Å². The first-order valence-corrected chi connectivity index (χ1v) is 3.52. The molecular formula is C5H8ClN3O. The molecule has 0 unspecified atom stereocenters. The number of anilines is 1. The number of rotatable bonds is 3. The third-order valence-corrected chi connectivity index (χ3v) is 1.15. The van der Waals surface area contributed by atoms with Crippen LogP contribution in [0.25, 0.3) is 0 Å². The van der Waals surface area contributed by atoms with E-state index in [1.54, 1.807) is 0 Å². The van der Waals surface area contributed by atoms with E-state index in [2.05, 4.69) is 15.5 Å². The molecule has 0 aliphatic heterocycles. The molecule has 1 N–H and O–H groups in total. The van der Waals surface area contributed by atoms with Gasteiger partial charge in [0.1, 0.15) is 0 Å².